The minimum atomic E-state index is -5.47. The van der Waals surface area contributed by atoms with E-state index in [-0.39, 0.29) is 144 Å². The van der Waals surface area contributed by atoms with E-state index in [1.165, 1.54) is 38.5 Å². The number of hydrogen-bond donors (Lipinski definition) is 0. The highest BCUT2D eigenvalue weighted by atomic mass is 32.2. The molecule has 0 aromatic heterocycles. The zero-order valence-electron chi connectivity index (χ0n) is 49.7. The highest BCUT2D eigenvalue weighted by Gasteiger charge is 2.49. The molecule has 4 aromatic rings. The van der Waals surface area contributed by atoms with Crippen molar-refractivity contribution in [2.75, 3.05) is 104 Å². The highest BCUT2D eigenvalue weighted by Crippen LogP contribution is 2.54. The van der Waals surface area contributed by atoms with Crippen LogP contribution in [-0.4, -0.2) is 197 Å². The summed E-state index contributed by atoms with van der Waals surface area (Å²) in [7, 11) is -23.7. The van der Waals surface area contributed by atoms with Crippen LogP contribution < -0.4 is 4.90 Å². The Morgan fingerprint density at radius 1 is 0.611 bits per heavy atom. The lowest BCUT2D eigenvalue weighted by Gasteiger charge is -2.31. The summed E-state index contributed by atoms with van der Waals surface area (Å²) in [6, 6.07) is 8.33. The third kappa shape index (κ3) is 17.0. The van der Waals surface area contributed by atoms with E-state index in [1.54, 1.807) is 54.6 Å². The molecule has 0 aliphatic carbocycles. The quantitative estimate of drug-likeness (QED) is 0.0212. The minimum absolute atomic E-state index is 0.000657. The zero-order valence-corrected chi connectivity index (χ0v) is 53.7. The largest absolute Gasteiger partial charge is 0.748 e. The van der Waals surface area contributed by atoms with Gasteiger partial charge in [0, 0.05) is 92.3 Å². The fourth-order valence-corrected chi connectivity index (χ4v) is 14.4. The molecular weight excluding hydrogens is 1290 g/mol. The first-order valence-corrected chi connectivity index (χ1v) is 35.2. The Morgan fingerprint density at radius 3 is 1.64 bits per heavy atom. The number of carbonyl (C=O) groups excluding carboxylic acids is 3. The number of nitrogens with zero attached hydrogens (tertiary/aromatic N) is 3. The van der Waals surface area contributed by atoms with Crippen molar-refractivity contribution < 1.29 is 117 Å². The maximum Gasteiger partial charge on any atom is 0.333 e. The molecule has 2 unspecified atom stereocenters. The van der Waals surface area contributed by atoms with Crippen molar-refractivity contribution in [3.05, 3.63) is 95.2 Å². The first kappa shape index (κ1) is 71.5. The maximum absolute atomic E-state index is 13.2. The number of carbonyl (C=O) groups is 3. The molecule has 2 atom stereocenters. The zero-order chi connectivity index (χ0) is 66.2. The van der Waals surface area contributed by atoms with Gasteiger partial charge in [0.25, 0.3) is 11.8 Å². The Balaban J connectivity index is 1.40. The molecular formula is C57H67N3O25S5-4. The molecule has 90 heavy (non-hydrogen) atoms. The lowest BCUT2D eigenvalue weighted by Crippen LogP contribution is -2.33. The van der Waals surface area contributed by atoms with Gasteiger partial charge >= 0.3 is 5.97 Å². The van der Waals surface area contributed by atoms with Crippen LogP contribution in [0.5, 0.6) is 0 Å². The van der Waals surface area contributed by atoms with Crippen molar-refractivity contribution in [3.8, 4) is 0 Å². The summed E-state index contributed by atoms with van der Waals surface area (Å²) in [5.41, 5.74) is -0.660. The molecule has 2 amide bonds. The summed E-state index contributed by atoms with van der Waals surface area (Å²) in [4.78, 5) is 40.7. The van der Waals surface area contributed by atoms with E-state index in [0.717, 1.165) is 12.1 Å². The minimum Gasteiger partial charge on any atom is -0.748 e. The van der Waals surface area contributed by atoms with Crippen LogP contribution >= 0.6 is 0 Å². The van der Waals surface area contributed by atoms with Gasteiger partial charge in [-0.15, -0.1) is 5.06 Å². The smallest absolute Gasteiger partial charge is 0.333 e. The van der Waals surface area contributed by atoms with Crippen molar-refractivity contribution in [1.29, 1.82) is 0 Å². The summed E-state index contributed by atoms with van der Waals surface area (Å²) in [5, 5.41) is -0.366. The molecule has 3 aliphatic heterocycles. The van der Waals surface area contributed by atoms with Crippen molar-refractivity contribution >= 4 is 107 Å². The van der Waals surface area contributed by atoms with Crippen LogP contribution in [0, 0.1) is 0 Å². The van der Waals surface area contributed by atoms with Crippen molar-refractivity contribution in [1.82, 2.24) is 5.06 Å². The van der Waals surface area contributed by atoms with Gasteiger partial charge < -0.3 is 60.9 Å². The number of methoxy groups -OCH3 is 2. The number of benzene rings is 4. The second-order valence-corrected chi connectivity index (χ2v) is 28.6. The number of imide groups is 1. The second kappa shape index (κ2) is 29.3. The normalized spacial score (nSPS) is 19.0. The maximum atomic E-state index is 13.2. The van der Waals surface area contributed by atoms with E-state index in [1.807, 2.05) is 0 Å². The number of hydrogen-bond acceptors (Lipinski definition) is 26. The first-order chi connectivity index (χ1) is 42.2. The van der Waals surface area contributed by atoms with Gasteiger partial charge in [0.15, 0.2) is 12.3 Å². The van der Waals surface area contributed by atoms with Crippen molar-refractivity contribution in [2.45, 2.75) is 96.1 Å². The number of ether oxygens (including phenoxy) is 6. The molecule has 3 aliphatic rings. The molecule has 0 spiro atoms. The number of rotatable bonds is 34. The van der Waals surface area contributed by atoms with Crippen molar-refractivity contribution in [2.24, 2.45) is 0 Å². The molecule has 0 saturated carbocycles. The Kier molecular flexibility index (Phi) is 23.3. The summed E-state index contributed by atoms with van der Waals surface area (Å²) in [6.45, 7) is 6.65. The molecule has 33 heteroatoms. The average Bonchev–Trinajstić information content (AvgIpc) is 1.52. The predicted octanol–water partition coefficient (Wildman–Crippen LogP) is 3.59. The lowest BCUT2D eigenvalue weighted by atomic mass is 9.74. The summed E-state index contributed by atoms with van der Waals surface area (Å²) in [5.74, 6) is -3.24. The molecule has 0 N–H and O–H groups in total. The SMILES string of the molecule is COCCOCCOCCOCCC1(C)\C(=C/C=C(C)/C=C/C2=[N+](CCOCCOC)c3ccc4c(S(=O)(=O)[O-])cc(S(=O)(=O)[O-])cc4c3C2(C)CCCS(=O)(=O)[O-])N(CCCC(=O)ON2C(=O)CCC2=O)c2ccc3c(S(=O)(=O)[O-])cc(S(=O)(=O)[O-])cc3c21. The van der Waals surface area contributed by atoms with Crippen LogP contribution in [0.15, 0.2) is 104 Å². The molecule has 7 rings (SSSR count). The third-order valence-electron chi connectivity index (χ3n) is 15.5. The molecule has 28 nitrogen and oxygen atoms in total. The topological polar surface area (TPSA) is 411 Å². The van der Waals surface area contributed by atoms with Crippen LogP contribution in [0.3, 0.4) is 0 Å². The van der Waals surface area contributed by atoms with E-state index >= 15 is 0 Å². The standard InChI is InChI=1S/C57H71N3O25S5/c1-38(9-15-49-56(2,19-7-33-86(64,65)66)54-43-34-39(87(67,68)69)36-47(89(73,74)75)41(43)12-14-46(54)59(49)22-24-82-27-25-79-4)10-16-50-57(3,20-23-81-29-30-84-32-31-83-28-26-80-5)55-44-35-40(88(70,71)72)37-48(90(76,77)78)42(44)11-13-45(55)58(50)21-6-8-53(63)85-60-51(61)17-18-52(60)62/h9-16,34-37H,6-8,17-33H2,1-5H3,(H4-,64,65,66,67,68,69,70,71,72,73,74,75,76,77,78)/p-4. The fraction of sp³-hybridized carbons (Fsp3) is 0.474. The van der Waals surface area contributed by atoms with Gasteiger partial charge in [0.05, 0.1) is 88.0 Å². The van der Waals surface area contributed by atoms with E-state index in [4.69, 9.17) is 33.3 Å². The van der Waals surface area contributed by atoms with Crippen LogP contribution in [0.1, 0.15) is 76.8 Å². The molecule has 0 bridgehead atoms. The van der Waals surface area contributed by atoms with Gasteiger partial charge in [-0.3, -0.25) is 9.59 Å². The van der Waals surface area contributed by atoms with E-state index in [9.17, 15) is 79.2 Å². The second-order valence-electron chi connectivity index (χ2n) is 21.6. The Bertz CT molecular complexity index is 4130. The summed E-state index contributed by atoms with van der Waals surface area (Å²) < 4.78 is 225. The highest BCUT2D eigenvalue weighted by molar-refractivity contribution is 7.87. The molecule has 4 aromatic carbocycles. The molecule has 1 fully saturated rings. The molecule has 494 valence electrons. The van der Waals surface area contributed by atoms with Crippen LogP contribution in [0.4, 0.5) is 11.4 Å². The number of fused-ring (bicyclic) bond motifs is 6. The predicted molar refractivity (Wildman–Crippen MR) is 314 cm³/mol. The van der Waals surface area contributed by atoms with Crippen LogP contribution in [-0.2, 0) is 109 Å². The van der Waals surface area contributed by atoms with E-state index in [2.05, 4.69) is 0 Å². The van der Waals surface area contributed by atoms with Gasteiger partial charge in [-0.25, -0.2) is 46.9 Å². The monoisotopic (exact) mass is 1350 g/mol. The van der Waals surface area contributed by atoms with Gasteiger partial charge in [0.2, 0.25) is 5.69 Å². The van der Waals surface area contributed by atoms with Gasteiger partial charge in [-0.05, 0) is 111 Å². The average molecular weight is 1350 g/mol. The first-order valence-electron chi connectivity index (χ1n) is 28.0. The molecule has 3 heterocycles. The lowest BCUT2D eigenvalue weighted by molar-refractivity contribution is -0.442. The van der Waals surface area contributed by atoms with Gasteiger partial charge in [-0.1, -0.05) is 23.8 Å². The van der Waals surface area contributed by atoms with Crippen LogP contribution in [0.2, 0.25) is 0 Å². The Morgan fingerprint density at radius 2 is 1.12 bits per heavy atom. The number of hydroxylamine groups is 2. The van der Waals surface area contributed by atoms with E-state index in [0.29, 0.717) is 58.8 Å². The Labute approximate surface area is 521 Å². The van der Waals surface area contributed by atoms with Crippen molar-refractivity contribution in [3.63, 3.8) is 0 Å². The summed E-state index contributed by atoms with van der Waals surface area (Å²) >= 11 is 0. The number of allylic oxidation sites excluding steroid dienone is 6. The van der Waals surface area contributed by atoms with Crippen LogP contribution in [0.25, 0.3) is 21.5 Å². The summed E-state index contributed by atoms with van der Waals surface area (Å²) in [6.07, 6.45) is 5.35. The molecule has 1 saturated heterocycles. The Hall–Kier alpha value is -5.99. The fourth-order valence-electron chi connectivity index (χ4n) is 11.3. The van der Waals surface area contributed by atoms with E-state index < -0.39 is 105 Å². The van der Waals surface area contributed by atoms with Gasteiger partial charge in [-0.2, -0.15) is 4.58 Å². The number of anilines is 1. The number of amides is 2. The third-order valence-corrected chi connectivity index (χ3v) is 19.6. The molecule has 0 radical (unpaired) electrons. The van der Waals surface area contributed by atoms with Gasteiger partial charge in [0.1, 0.15) is 47.1 Å².